The summed E-state index contributed by atoms with van der Waals surface area (Å²) in [6.07, 6.45) is 1.55. The number of pyridine rings is 1. The van der Waals surface area contributed by atoms with Gasteiger partial charge in [-0.05, 0) is 25.2 Å². The zero-order valence-corrected chi connectivity index (χ0v) is 12.4. The highest BCUT2D eigenvalue weighted by atomic mass is 35.5. The molecular weight excluding hydrogens is 264 g/mol. The molecule has 2 amide bonds. The van der Waals surface area contributed by atoms with Crippen LogP contribution in [0.15, 0.2) is 18.3 Å². The van der Waals surface area contributed by atoms with Gasteiger partial charge < -0.3 is 10.2 Å². The van der Waals surface area contributed by atoms with Crippen LogP contribution < -0.4 is 10.2 Å². The molecule has 0 unspecified atom stereocenters. The van der Waals surface area contributed by atoms with Gasteiger partial charge in [-0.2, -0.15) is 0 Å². The van der Waals surface area contributed by atoms with Crippen molar-refractivity contribution >= 4 is 23.4 Å². The summed E-state index contributed by atoms with van der Waals surface area (Å²) in [5, 5.41) is 3.19. The number of nitrogens with zero attached hydrogens (tertiary/aromatic N) is 3. The summed E-state index contributed by atoms with van der Waals surface area (Å²) in [7, 11) is 1.61. The lowest BCUT2D eigenvalue weighted by Crippen LogP contribution is -2.43. The van der Waals surface area contributed by atoms with E-state index in [-0.39, 0.29) is 6.03 Å². The highest BCUT2D eigenvalue weighted by Crippen LogP contribution is 2.14. The lowest BCUT2D eigenvalue weighted by atomic mass is 10.4. The molecule has 0 radical (unpaired) electrons. The first-order valence-electron chi connectivity index (χ1n) is 6.45. The number of hydrogen-bond donors (Lipinski definition) is 1. The van der Waals surface area contributed by atoms with Gasteiger partial charge in [-0.25, -0.2) is 9.78 Å². The van der Waals surface area contributed by atoms with Gasteiger partial charge in [-0.3, -0.25) is 4.90 Å². The minimum Gasteiger partial charge on any atom is -0.341 e. The molecule has 1 rings (SSSR count). The first-order valence-corrected chi connectivity index (χ1v) is 6.83. The molecule has 6 heteroatoms. The van der Waals surface area contributed by atoms with E-state index in [0.717, 1.165) is 19.6 Å². The standard InChI is InChI=1S/C13H21ClN4O/c1-4-17(5-2)8-9-18(13(19)15-3)12-7-6-11(14)10-16-12/h6-7,10H,4-5,8-9H2,1-3H3,(H,15,19). The number of anilines is 1. The SMILES string of the molecule is CCN(CC)CCN(C(=O)NC)c1ccc(Cl)cn1. The van der Waals surface area contributed by atoms with Crippen molar-refractivity contribution in [3.8, 4) is 0 Å². The molecule has 1 aromatic heterocycles. The summed E-state index contributed by atoms with van der Waals surface area (Å²) in [4.78, 5) is 20.0. The fourth-order valence-electron chi connectivity index (χ4n) is 1.76. The van der Waals surface area contributed by atoms with Crippen molar-refractivity contribution in [2.75, 3.05) is 38.1 Å². The number of halogens is 1. The molecule has 0 bridgehead atoms. The van der Waals surface area contributed by atoms with Crippen LogP contribution in [0.2, 0.25) is 5.02 Å². The quantitative estimate of drug-likeness (QED) is 0.871. The summed E-state index contributed by atoms with van der Waals surface area (Å²) in [5.74, 6) is 0.607. The summed E-state index contributed by atoms with van der Waals surface area (Å²) >= 11 is 5.81. The first-order chi connectivity index (χ1) is 9.12. The molecule has 0 atom stereocenters. The Kier molecular flexibility index (Phi) is 6.59. The van der Waals surface area contributed by atoms with Crippen molar-refractivity contribution in [2.45, 2.75) is 13.8 Å². The molecule has 5 nitrogen and oxygen atoms in total. The highest BCUT2D eigenvalue weighted by molar-refractivity contribution is 6.30. The molecule has 1 heterocycles. The lowest BCUT2D eigenvalue weighted by molar-refractivity contribution is 0.245. The fourth-order valence-corrected chi connectivity index (χ4v) is 1.88. The Morgan fingerprint density at radius 3 is 2.47 bits per heavy atom. The predicted molar refractivity (Wildman–Crippen MR) is 78.8 cm³/mol. The highest BCUT2D eigenvalue weighted by Gasteiger charge is 2.16. The second-order valence-electron chi connectivity index (χ2n) is 4.07. The van der Waals surface area contributed by atoms with E-state index >= 15 is 0 Å². The van der Waals surface area contributed by atoms with Crippen LogP contribution in [0.3, 0.4) is 0 Å². The van der Waals surface area contributed by atoms with Crippen LogP contribution in [-0.4, -0.2) is 49.1 Å². The van der Waals surface area contributed by atoms with E-state index in [4.69, 9.17) is 11.6 Å². The number of urea groups is 1. The predicted octanol–water partition coefficient (Wildman–Crippen LogP) is 2.22. The minimum absolute atomic E-state index is 0.165. The van der Waals surface area contributed by atoms with E-state index in [1.807, 2.05) is 0 Å². The average molecular weight is 285 g/mol. The molecule has 1 N–H and O–H groups in total. The van der Waals surface area contributed by atoms with E-state index in [9.17, 15) is 4.79 Å². The Morgan fingerprint density at radius 2 is 2.00 bits per heavy atom. The Balaban J connectivity index is 2.77. The molecule has 0 saturated heterocycles. The van der Waals surface area contributed by atoms with Crippen LogP contribution in [0.5, 0.6) is 0 Å². The Labute approximate surface area is 119 Å². The summed E-state index contributed by atoms with van der Waals surface area (Å²) in [5.41, 5.74) is 0. The Bertz CT molecular complexity index is 392. The van der Waals surface area contributed by atoms with Crippen LogP contribution in [0.1, 0.15) is 13.8 Å². The van der Waals surface area contributed by atoms with Gasteiger partial charge in [-0.1, -0.05) is 25.4 Å². The topological polar surface area (TPSA) is 48.5 Å². The average Bonchev–Trinajstić information content (AvgIpc) is 2.44. The largest absolute Gasteiger partial charge is 0.341 e. The number of rotatable bonds is 6. The molecular formula is C13H21ClN4O. The summed E-state index contributed by atoms with van der Waals surface area (Å²) < 4.78 is 0. The van der Waals surface area contributed by atoms with Gasteiger partial charge in [0.05, 0.1) is 5.02 Å². The minimum atomic E-state index is -0.165. The van der Waals surface area contributed by atoms with Crippen molar-refractivity contribution in [3.63, 3.8) is 0 Å². The van der Waals surface area contributed by atoms with E-state index in [1.165, 1.54) is 0 Å². The molecule has 0 aliphatic heterocycles. The maximum atomic E-state index is 11.9. The van der Waals surface area contributed by atoms with Crippen molar-refractivity contribution in [3.05, 3.63) is 23.4 Å². The van der Waals surface area contributed by atoms with Gasteiger partial charge in [0.2, 0.25) is 0 Å². The van der Waals surface area contributed by atoms with E-state index in [1.54, 1.807) is 30.3 Å². The first kappa shape index (κ1) is 15.7. The molecule has 0 aromatic carbocycles. The van der Waals surface area contributed by atoms with E-state index in [0.29, 0.717) is 17.4 Å². The third-order valence-electron chi connectivity index (χ3n) is 2.98. The number of hydrogen-bond acceptors (Lipinski definition) is 3. The van der Waals surface area contributed by atoms with E-state index < -0.39 is 0 Å². The molecule has 19 heavy (non-hydrogen) atoms. The number of nitrogens with one attached hydrogen (secondary N) is 1. The molecule has 0 aliphatic carbocycles. The van der Waals surface area contributed by atoms with Crippen LogP contribution in [0.4, 0.5) is 10.6 Å². The smallest absolute Gasteiger partial charge is 0.322 e. The van der Waals surface area contributed by atoms with Crippen molar-refractivity contribution in [2.24, 2.45) is 0 Å². The molecule has 106 valence electrons. The normalized spacial score (nSPS) is 10.6. The maximum Gasteiger partial charge on any atom is 0.322 e. The zero-order chi connectivity index (χ0) is 14.3. The van der Waals surface area contributed by atoms with Crippen LogP contribution in [0.25, 0.3) is 0 Å². The van der Waals surface area contributed by atoms with Gasteiger partial charge in [0.1, 0.15) is 5.82 Å². The second-order valence-corrected chi connectivity index (χ2v) is 4.50. The molecule has 0 aliphatic rings. The van der Waals surface area contributed by atoms with E-state index in [2.05, 4.69) is 29.0 Å². The number of likely N-dealkylation sites (N-methyl/N-ethyl adjacent to an activating group) is 1. The van der Waals surface area contributed by atoms with Crippen LogP contribution in [-0.2, 0) is 0 Å². The Hall–Kier alpha value is -1.33. The molecule has 1 aromatic rings. The number of carbonyl (C=O) groups is 1. The van der Waals surface area contributed by atoms with Crippen molar-refractivity contribution in [1.29, 1.82) is 0 Å². The van der Waals surface area contributed by atoms with Crippen LogP contribution in [0, 0.1) is 0 Å². The van der Waals surface area contributed by atoms with Gasteiger partial charge >= 0.3 is 6.03 Å². The van der Waals surface area contributed by atoms with Gasteiger partial charge in [0.25, 0.3) is 0 Å². The molecule has 0 spiro atoms. The number of amides is 2. The fraction of sp³-hybridized carbons (Fsp3) is 0.538. The van der Waals surface area contributed by atoms with Crippen LogP contribution >= 0.6 is 11.6 Å². The van der Waals surface area contributed by atoms with Gasteiger partial charge in [0.15, 0.2) is 0 Å². The van der Waals surface area contributed by atoms with Crippen molar-refractivity contribution < 1.29 is 4.79 Å². The zero-order valence-electron chi connectivity index (χ0n) is 11.7. The Morgan fingerprint density at radius 1 is 1.32 bits per heavy atom. The third-order valence-corrected chi connectivity index (χ3v) is 3.21. The second kappa shape index (κ2) is 7.96. The lowest BCUT2D eigenvalue weighted by Gasteiger charge is -2.25. The van der Waals surface area contributed by atoms with Gasteiger partial charge in [0, 0.05) is 26.3 Å². The number of carbonyl (C=O) groups excluding carboxylic acids is 1. The van der Waals surface area contributed by atoms with Crippen molar-refractivity contribution in [1.82, 2.24) is 15.2 Å². The molecule has 0 saturated carbocycles. The molecule has 0 fully saturated rings. The summed E-state index contributed by atoms with van der Waals surface area (Å²) in [6, 6.07) is 3.32. The third kappa shape index (κ3) is 4.69. The number of aromatic nitrogens is 1. The monoisotopic (exact) mass is 284 g/mol. The maximum absolute atomic E-state index is 11.9. The summed E-state index contributed by atoms with van der Waals surface area (Å²) in [6.45, 7) is 7.54. The van der Waals surface area contributed by atoms with Gasteiger partial charge in [-0.15, -0.1) is 0 Å².